The first kappa shape index (κ1) is 16.3. The third-order valence-corrected chi connectivity index (χ3v) is 4.08. The first-order valence-corrected chi connectivity index (χ1v) is 7.45. The maximum absolute atomic E-state index is 9.93. The van der Waals surface area contributed by atoms with Crippen molar-refractivity contribution in [3.05, 3.63) is 47.0 Å². The highest BCUT2D eigenvalue weighted by atomic mass is 35.5. The van der Waals surface area contributed by atoms with Gasteiger partial charge >= 0.3 is 0 Å². The van der Waals surface area contributed by atoms with Crippen LogP contribution in [0.2, 0.25) is 5.02 Å². The molecule has 22 heavy (non-hydrogen) atoms. The maximum atomic E-state index is 9.93. The van der Waals surface area contributed by atoms with Crippen LogP contribution in [-0.2, 0) is 5.41 Å². The molecule has 0 amide bonds. The first-order chi connectivity index (χ1) is 10.3. The molecule has 0 atom stereocenters. The molecule has 2 N–H and O–H groups in total. The molecule has 0 aliphatic carbocycles. The third kappa shape index (κ3) is 3.57. The smallest absolute Gasteiger partial charge is 0.143 e. The molecular weight excluding hydrogens is 300 g/mol. The molecule has 2 aromatic carbocycles. The van der Waals surface area contributed by atoms with Crippen LogP contribution in [0, 0.1) is 0 Å². The van der Waals surface area contributed by atoms with Crippen LogP contribution in [0.1, 0.15) is 32.8 Å². The van der Waals surface area contributed by atoms with Gasteiger partial charge in [0.2, 0.25) is 0 Å². The van der Waals surface area contributed by atoms with Gasteiger partial charge < -0.3 is 10.2 Å². The Hall–Kier alpha value is -2.07. The van der Waals surface area contributed by atoms with E-state index in [1.807, 2.05) is 12.1 Å². The standard InChI is InChI=1S/C17H19ClN2O2/c1-4-17(2,3)11-5-7-15(21)13(9-11)19-20-14-10-12(18)6-8-16(14)22/h5-10,21-22H,4H2,1-3H3. The van der Waals surface area contributed by atoms with Crippen LogP contribution in [0.25, 0.3) is 0 Å². The van der Waals surface area contributed by atoms with Crippen LogP contribution >= 0.6 is 11.6 Å². The Labute approximate surface area is 135 Å². The highest BCUT2D eigenvalue weighted by Crippen LogP contribution is 2.36. The molecule has 0 aliphatic rings. The quantitative estimate of drug-likeness (QED) is 0.694. The summed E-state index contributed by atoms with van der Waals surface area (Å²) in [6.45, 7) is 6.37. The molecule has 0 aliphatic heterocycles. The van der Waals surface area contributed by atoms with Crippen molar-refractivity contribution in [2.75, 3.05) is 0 Å². The van der Waals surface area contributed by atoms with Gasteiger partial charge in [0.25, 0.3) is 0 Å². The molecule has 0 bridgehead atoms. The number of rotatable bonds is 4. The van der Waals surface area contributed by atoms with Crippen LogP contribution in [0.4, 0.5) is 11.4 Å². The molecule has 116 valence electrons. The molecular formula is C17H19ClN2O2. The minimum absolute atomic E-state index is 0.0160. The third-order valence-electron chi connectivity index (χ3n) is 3.84. The number of nitrogens with zero attached hydrogens (tertiary/aromatic N) is 2. The fraction of sp³-hybridized carbons (Fsp3) is 0.294. The van der Waals surface area contributed by atoms with Gasteiger partial charge in [0.1, 0.15) is 22.9 Å². The highest BCUT2D eigenvalue weighted by Gasteiger charge is 2.19. The summed E-state index contributed by atoms with van der Waals surface area (Å²) in [7, 11) is 0. The Bertz CT molecular complexity index is 712. The van der Waals surface area contributed by atoms with Crippen molar-refractivity contribution in [1.82, 2.24) is 0 Å². The van der Waals surface area contributed by atoms with Gasteiger partial charge in [-0.3, -0.25) is 0 Å². The zero-order valence-electron chi connectivity index (χ0n) is 12.8. The van der Waals surface area contributed by atoms with Gasteiger partial charge in [0, 0.05) is 5.02 Å². The molecule has 0 heterocycles. The molecule has 0 fully saturated rings. The van der Waals surface area contributed by atoms with Crippen molar-refractivity contribution in [2.45, 2.75) is 32.6 Å². The number of hydrogen-bond acceptors (Lipinski definition) is 4. The molecule has 4 nitrogen and oxygen atoms in total. The summed E-state index contributed by atoms with van der Waals surface area (Å²) in [5.41, 5.74) is 1.67. The molecule has 2 rings (SSSR count). The number of azo groups is 1. The Morgan fingerprint density at radius 1 is 0.955 bits per heavy atom. The van der Waals surface area contributed by atoms with E-state index in [2.05, 4.69) is 31.0 Å². The molecule has 0 saturated carbocycles. The molecule has 0 spiro atoms. The van der Waals surface area contributed by atoms with Gasteiger partial charge in [-0.2, -0.15) is 0 Å². The molecule has 0 unspecified atom stereocenters. The van der Waals surface area contributed by atoms with E-state index in [9.17, 15) is 10.2 Å². The molecule has 0 saturated heterocycles. The van der Waals surface area contributed by atoms with E-state index in [1.165, 1.54) is 12.1 Å². The van der Waals surface area contributed by atoms with Gasteiger partial charge in [0.15, 0.2) is 0 Å². The predicted octanol–water partition coefficient (Wildman–Crippen LogP) is 5.85. The van der Waals surface area contributed by atoms with Crippen LogP contribution in [0.15, 0.2) is 46.6 Å². The summed E-state index contributed by atoms with van der Waals surface area (Å²) in [5, 5.41) is 28.1. The second kappa shape index (κ2) is 6.36. The normalized spacial score (nSPS) is 12.0. The Balaban J connectivity index is 2.38. The van der Waals surface area contributed by atoms with Crippen LogP contribution < -0.4 is 0 Å². The first-order valence-electron chi connectivity index (χ1n) is 7.07. The minimum atomic E-state index is -0.0177. The van der Waals surface area contributed by atoms with Crippen molar-refractivity contribution >= 4 is 23.0 Å². The highest BCUT2D eigenvalue weighted by molar-refractivity contribution is 6.30. The fourth-order valence-electron chi connectivity index (χ4n) is 1.91. The van der Waals surface area contributed by atoms with E-state index in [0.29, 0.717) is 10.7 Å². The summed E-state index contributed by atoms with van der Waals surface area (Å²) in [4.78, 5) is 0. The van der Waals surface area contributed by atoms with Crippen molar-refractivity contribution in [3.63, 3.8) is 0 Å². The van der Waals surface area contributed by atoms with E-state index in [4.69, 9.17) is 11.6 Å². The Morgan fingerprint density at radius 2 is 1.50 bits per heavy atom. The maximum Gasteiger partial charge on any atom is 0.143 e. The Morgan fingerprint density at radius 3 is 2.09 bits per heavy atom. The number of benzene rings is 2. The van der Waals surface area contributed by atoms with Gasteiger partial charge in [-0.15, -0.1) is 10.2 Å². The molecule has 5 heteroatoms. The Kier molecular flexibility index (Phi) is 4.71. The lowest BCUT2D eigenvalue weighted by atomic mass is 9.82. The van der Waals surface area contributed by atoms with Gasteiger partial charge in [0.05, 0.1) is 0 Å². The largest absolute Gasteiger partial charge is 0.506 e. The fourth-order valence-corrected chi connectivity index (χ4v) is 2.08. The topological polar surface area (TPSA) is 65.2 Å². The second-order valence-electron chi connectivity index (χ2n) is 5.77. The van der Waals surface area contributed by atoms with Crippen LogP contribution in [0.3, 0.4) is 0 Å². The summed E-state index contributed by atoms with van der Waals surface area (Å²) >= 11 is 5.87. The number of phenolic OH excluding ortho intramolecular Hbond substituents is 2. The molecule has 0 radical (unpaired) electrons. The van der Waals surface area contributed by atoms with E-state index in [1.54, 1.807) is 12.1 Å². The van der Waals surface area contributed by atoms with Crippen molar-refractivity contribution < 1.29 is 10.2 Å². The number of phenols is 2. The van der Waals surface area contributed by atoms with Gasteiger partial charge in [-0.1, -0.05) is 38.4 Å². The van der Waals surface area contributed by atoms with Crippen LogP contribution in [-0.4, -0.2) is 10.2 Å². The SMILES string of the molecule is CCC(C)(C)c1ccc(O)c(N=Nc2cc(Cl)ccc2O)c1. The van der Waals surface area contributed by atoms with Gasteiger partial charge in [-0.05, 0) is 47.7 Å². The number of aromatic hydroxyl groups is 2. The monoisotopic (exact) mass is 318 g/mol. The average molecular weight is 319 g/mol. The summed E-state index contributed by atoms with van der Waals surface area (Å²) in [6.07, 6.45) is 0.962. The average Bonchev–Trinajstić information content (AvgIpc) is 2.49. The lowest BCUT2D eigenvalue weighted by molar-refractivity contribution is 0.471. The second-order valence-corrected chi connectivity index (χ2v) is 6.21. The van der Waals surface area contributed by atoms with Gasteiger partial charge in [-0.25, -0.2) is 0 Å². The van der Waals surface area contributed by atoms with E-state index < -0.39 is 0 Å². The summed E-state index contributed by atoms with van der Waals surface area (Å²) < 4.78 is 0. The minimum Gasteiger partial charge on any atom is -0.506 e. The van der Waals surface area contributed by atoms with E-state index in [-0.39, 0.29) is 22.6 Å². The summed E-state index contributed by atoms with van der Waals surface area (Å²) in [5.74, 6) is 0.0265. The zero-order chi connectivity index (χ0) is 16.3. The zero-order valence-corrected chi connectivity index (χ0v) is 13.6. The van der Waals surface area contributed by atoms with E-state index >= 15 is 0 Å². The van der Waals surface area contributed by atoms with Crippen molar-refractivity contribution in [3.8, 4) is 11.5 Å². The van der Waals surface area contributed by atoms with Crippen LogP contribution in [0.5, 0.6) is 11.5 Å². The van der Waals surface area contributed by atoms with E-state index in [0.717, 1.165) is 12.0 Å². The molecule has 0 aromatic heterocycles. The summed E-state index contributed by atoms with van der Waals surface area (Å²) in [6, 6.07) is 9.83. The predicted molar refractivity (Wildman–Crippen MR) is 88.7 cm³/mol. The lowest BCUT2D eigenvalue weighted by Gasteiger charge is -2.23. The lowest BCUT2D eigenvalue weighted by Crippen LogP contribution is -2.14. The molecule has 2 aromatic rings. The van der Waals surface area contributed by atoms with Crippen molar-refractivity contribution in [2.24, 2.45) is 10.2 Å². The number of halogens is 1. The number of hydrogen-bond donors (Lipinski definition) is 2. The van der Waals surface area contributed by atoms with Crippen molar-refractivity contribution in [1.29, 1.82) is 0 Å².